The maximum absolute atomic E-state index is 3.59. The van der Waals surface area contributed by atoms with Crippen molar-refractivity contribution in [3.05, 3.63) is 0 Å². The van der Waals surface area contributed by atoms with Crippen LogP contribution in [0.25, 0.3) is 0 Å². The van der Waals surface area contributed by atoms with Gasteiger partial charge in [-0.15, -0.1) is 0 Å². The lowest BCUT2D eigenvalue weighted by Gasteiger charge is -2.36. The Hall–Kier alpha value is -0.120. The average molecular weight is 281 g/mol. The van der Waals surface area contributed by atoms with Gasteiger partial charge in [-0.3, -0.25) is 4.90 Å². The zero-order chi connectivity index (χ0) is 14.4. The Kier molecular flexibility index (Phi) is 6.31. The molecule has 2 atom stereocenters. The van der Waals surface area contributed by atoms with E-state index in [9.17, 15) is 0 Å². The Morgan fingerprint density at radius 3 is 2.70 bits per heavy atom. The smallest absolute Gasteiger partial charge is 0.0223 e. The van der Waals surface area contributed by atoms with Gasteiger partial charge in [0.25, 0.3) is 0 Å². The van der Waals surface area contributed by atoms with E-state index < -0.39 is 0 Å². The van der Waals surface area contributed by atoms with Crippen LogP contribution in [0.3, 0.4) is 0 Å². The molecule has 2 rings (SSSR count). The maximum atomic E-state index is 3.59. The van der Waals surface area contributed by atoms with Crippen LogP contribution < -0.4 is 5.32 Å². The summed E-state index contributed by atoms with van der Waals surface area (Å²) < 4.78 is 0. The number of rotatable bonds is 7. The molecule has 3 nitrogen and oxygen atoms in total. The van der Waals surface area contributed by atoms with Crippen molar-refractivity contribution in [2.75, 3.05) is 45.8 Å². The van der Waals surface area contributed by atoms with Crippen LogP contribution in [0.4, 0.5) is 0 Å². The van der Waals surface area contributed by atoms with Crippen molar-refractivity contribution < 1.29 is 0 Å². The number of hydrogen-bond donors (Lipinski definition) is 1. The Morgan fingerprint density at radius 2 is 1.95 bits per heavy atom. The molecular formula is C17H35N3. The largest absolute Gasteiger partial charge is 0.316 e. The lowest BCUT2D eigenvalue weighted by atomic mass is 9.84. The second-order valence-corrected chi connectivity index (χ2v) is 7.26. The first-order valence-electron chi connectivity index (χ1n) is 8.84. The minimum Gasteiger partial charge on any atom is -0.316 e. The average Bonchev–Trinajstić information content (AvgIpc) is 2.76. The Bertz CT molecular complexity index is 281. The molecule has 0 aromatic rings. The van der Waals surface area contributed by atoms with Gasteiger partial charge in [-0.2, -0.15) is 0 Å². The van der Waals surface area contributed by atoms with Crippen LogP contribution in [0.1, 0.15) is 52.9 Å². The van der Waals surface area contributed by atoms with Crippen molar-refractivity contribution in [3.8, 4) is 0 Å². The standard InChI is InChI=1S/C17H35N3/c1-4-9-17(3,14-18-5-2)15-19-10-7-12-20-11-6-8-16(20)13-19/h16,18H,4-15H2,1-3H3. The molecule has 118 valence electrons. The molecule has 2 heterocycles. The van der Waals surface area contributed by atoms with Crippen LogP contribution in [-0.2, 0) is 0 Å². The first kappa shape index (κ1) is 16.3. The SMILES string of the molecule is CCCC(C)(CNCC)CN1CCCN2CCCC2C1. The highest BCUT2D eigenvalue weighted by Gasteiger charge is 2.32. The first-order chi connectivity index (χ1) is 9.67. The molecule has 0 aromatic heterocycles. The van der Waals surface area contributed by atoms with Crippen molar-refractivity contribution in [1.29, 1.82) is 0 Å². The van der Waals surface area contributed by atoms with Gasteiger partial charge in [-0.1, -0.05) is 27.2 Å². The lowest BCUT2D eigenvalue weighted by molar-refractivity contribution is 0.139. The molecule has 0 amide bonds. The summed E-state index contributed by atoms with van der Waals surface area (Å²) >= 11 is 0. The summed E-state index contributed by atoms with van der Waals surface area (Å²) in [7, 11) is 0. The Morgan fingerprint density at radius 1 is 1.15 bits per heavy atom. The minimum atomic E-state index is 0.443. The van der Waals surface area contributed by atoms with Gasteiger partial charge >= 0.3 is 0 Å². The molecule has 0 saturated carbocycles. The van der Waals surface area contributed by atoms with E-state index in [0.29, 0.717) is 5.41 Å². The van der Waals surface area contributed by atoms with Gasteiger partial charge in [0, 0.05) is 25.7 Å². The fourth-order valence-electron chi connectivity index (χ4n) is 4.22. The number of nitrogens with one attached hydrogen (secondary N) is 1. The Labute approximate surface area is 126 Å². The predicted octanol–water partition coefficient (Wildman–Crippen LogP) is 2.57. The third-order valence-electron chi connectivity index (χ3n) is 5.15. The summed E-state index contributed by atoms with van der Waals surface area (Å²) in [6.07, 6.45) is 6.84. The molecule has 1 N–H and O–H groups in total. The zero-order valence-electron chi connectivity index (χ0n) is 14.0. The van der Waals surface area contributed by atoms with Crippen molar-refractivity contribution >= 4 is 0 Å². The highest BCUT2D eigenvalue weighted by atomic mass is 15.3. The number of hydrogen-bond acceptors (Lipinski definition) is 3. The van der Waals surface area contributed by atoms with E-state index in [0.717, 1.165) is 12.6 Å². The fourth-order valence-corrected chi connectivity index (χ4v) is 4.22. The maximum Gasteiger partial charge on any atom is 0.0223 e. The van der Waals surface area contributed by atoms with E-state index in [1.54, 1.807) is 0 Å². The van der Waals surface area contributed by atoms with Gasteiger partial charge in [-0.25, -0.2) is 0 Å². The highest BCUT2D eigenvalue weighted by Crippen LogP contribution is 2.27. The fraction of sp³-hybridized carbons (Fsp3) is 1.00. The number of nitrogens with zero attached hydrogens (tertiary/aromatic N) is 2. The molecule has 0 radical (unpaired) electrons. The minimum absolute atomic E-state index is 0.443. The van der Waals surface area contributed by atoms with Gasteiger partial charge in [0.1, 0.15) is 0 Å². The molecule has 2 saturated heterocycles. The molecule has 2 aliphatic heterocycles. The second kappa shape index (κ2) is 7.77. The quantitative estimate of drug-likeness (QED) is 0.774. The van der Waals surface area contributed by atoms with E-state index in [-0.39, 0.29) is 0 Å². The molecule has 2 aliphatic rings. The predicted molar refractivity (Wildman–Crippen MR) is 87.2 cm³/mol. The van der Waals surface area contributed by atoms with Gasteiger partial charge in [0.05, 0.1) is 0 Å². The van der Waals surface area contributed by atoms with E-state index in [4.69, 9.17) is 0 Å². The summed E-state index contributed by atoms with van der Waals surface area (Å²) in [6.45, 7) is 15.9. The van der Waals surface area contributed by atoms with E-state index in [1.807, 2.05) is 0 Å². The lowest BCUT2D eigenvalue weighted by Crippen LogP contribution is -2.45. The zero-order valence-corrected chi connectivity index (χ0v) is 14.0. The van der Waals surface area contributed by atoms with Gasteiger partial charge in [0.15, 0.2) is 0 Å². The van der Waals surface area contributed by atoms with Crippen LogP contribution in [0.5, 0.6) is 0 Å². The molecular weight excluding hydrogens is 246 g/mol. The highest BCUT2D eigenvalue weighted by molar-refractivity contribution is 4.88. The molecule has 2 fully saturated rings. The van der Waals surface area contributed by atoms with Crippen LogP contribution in [-0.4, -0.2) is 61.7 Å². The third kappa shape index (κ3) is 4.44. The summed E-state index contributed by atoms with van der Waals surface area (Å²) in [4.78, 5) is 5.50. The number of fused-ring (bicyclic) bond motifs is 1. The molecule has 0 spiro atoms. The van der Waals surface area contributed by atoms with Crippen LogP contribution in [0, 0.1) is 5.41 Å². The molecule has 3 heteroatoms. The topological polar surface area (TPSA) is 18.5 Å². The first-order valence-corrected chi connectivity index (χ1v) is 8.84. The molecule has 0 aliphatic carbocycles. The van der Waals surface area contributed by atoms with E-state index in [1.165, 1.54) is 71.4 Å². The van der Waals surface area contributed by atoms with E-state index in [2.05, 4.69) is 35.9 Å². The van der Waals surface area contributed by atoms with Crippen molar-refractivity contribution in [3.63, 3.8) is 0 Å². The van der Waals surface area contributed by atoms with Crippen LogP contribution in [0.2, 0.25) is 0 Å². The molecule has 20 heavy (non-hydrogen) atoms. The molecule has 0 bridgehead atoms. The summed E-state index contributed by atoms with van der Waals surface area (Å²) in [5.41, 5.74) is 0.443. The summed E-state index contributed by atoms with van der Waals surface area (Å²) in [6, 6.07) is 0.850. The monoisotopic (exact) mass is 281 g/mol. The van der Waals surface area contributed by atoms with Crippen molar-refractivity contribution in [2.24, 2.45) is 5.41 Å². The normalized spacial score (nSPS) is 28.1. The summed E-state index contributed by atoms with van der Waals surface area (Å²) in [5.74, 6) is 0. The Balaban J connectivity index is 1.91. The van der Waals surface area contributed by atoms with Gasteiger partial charge in [0.2, 0.25) is 0 Å². The van der Waals surface area contributed by atoms with Crippen molar-refractivity contribution in [2.45, 2.75) is 58.9 Å². The molecule has 0 aromatic carbocycles. The second-order valence-electron chi connectivity index (χ2n) is 7.26. The van der Waals surface area contributed by atoms with Gasteiger partial charge in [-0.05, 0) is 57.3 Å². The third-order valence-corrected chi connectivity index (χ3v) is 5.15. The van der Waals surface area contributed by atoms with Gasteiger partial charge < -0.3 is 10.2 Å². The van der Waals surface area contributed by atoms with E-state index >= 15 is 0 Å². The summed E-state index contributed by atoms with van der Waals surface area (Å²) in [5, 5.41) is 3.59. The van der Waals surface area contributed by atoms with Crippen LogP contribution in [0.15, 0.2) is 0 Å². The molecule has 2 unspecified atom stereocenters. The van der Waals surface area contributed by atoms with Crippen LogP contribution >= 0.6 is 0 Å². The van der Waals surface area contributed by atoms with Crippen molar-refractivity contribution in [1.82, 2.24) is 15.1 Å².